The lowest BCUT2D eigenvalue weighted by molar-refractivity contribution is 1.28. The first kappa shape index (κ1) is 26.7. The summed E-state index contributed by atoms with van der Waals surface area (Å²) in [6.45, 7) is 0. The number of rotatable bonds is 6. The summed E-state index contributed by atoms with van der Waals surface area (Å²) >= 11 is 0. The largest absolute Gasteiger partial charge is 0.309 e. The molecule has 0 aromatic heterocycles. The van der Waals surface area contributed by atoms with E-state index in [0.29, 0.717) is 0 Å². The van der Waals surface area contributed by atoms with Gasteiger partial charge in [-0.2, -0.15) is 0 Å². The van der Waals surface area contributed by atoms with Crippen molar-refractivity contribution in [1.82, 2.24) is 0 Å². The quantitative estimate of drug-likeness (QED) is 0.191. The zero-order valence-corrected chi connectivity index (χ0v) is 24.8. The van der Waals surface area contributed by atoms with Crippen LogP contribution in [0.15, 0.2) is 188 Å². The van der Waals surface area contributed by atoms with Crippen LogP contribution < -0.4 is 4.90 Å². The third-order valence-electron chi connectivity index (χ3n) is 8.68. The minimum Gasteiger partial charge on any atom is -0.309 e. The highest BCUT2D eigenvalue weighted by atomic mass is 15.1. The van der Waals surface area contributed by atoms with Gasteiger partial charge in [0.2, 0.25) is 0 Å². The maximum absolute atomic E-state index is 2.47. The van der Waals surface area contributed by atoms with E-state index in [-0.39, 0.29) is 0 Å². The molecule has 0 saturated carbocycles. The van der Waals surface area contributed by atoms with Gasteiger partial charge in [0.1, 0.15) is 0 Å². The fourth-order valence-electron chi connectivity index (χ4n) is 6.63. The average molecular weight is 574 g/mol. The van der Waals surface area contributed by atoms with E-state index in [2.05, 4.69) is 193 Å². The van der Waals surface area contributed by atoms with Gasteiger partial charge in [-0.05, 0) is 56.4 Å². The van der Waals surface area contributed by atoms with Crippen LogP contribution in [-0.4, -0.2) is 0 Å². The first-order valence-corrected chi connectivity index (χ1v) is 15.5. The average Bonchev–Trinajstić information content (AvgIpc) is 3.12. The maximum atomic E-state index is 2.47. The van der Waals surface area contributed by atoms with Gasteiger partial charge in [-0.25, -0.2) is 0 Å². The van der Waals surface area contributed by atoms with E-state index in [1.807, 2.05) is 0 Å². The molecule has 212 valence electrons. The number of hydrogen-bond acceptors (Lipinski definition) is 1. The number of anilines is 3. The molecule has 1 heteroatoms. The van der Waals surface area contributed by atoms with Crippen molar-refractivity contribution in [3.8, 4) is 33.4 Å². The molecular weight excluding hydrogens is 542 g/mol. The van der Waals surface area contributed by atoms with Gasteiger partial charge in [0.05, 0.1) is 17.1 Å². The Kier molecular flexibility index (Phi) is 6.90. The van der Waals surface area contributed by atoms with E-state index >= 15 is 0 Å². The number of benzene rings is 8. The highest BCUT2D eigenvalue weighted by Crippen LogP contribution is 2.48. The molecule has 45 heavy (non-hydrogen) atoms. The van der Waals surface area contributed by atoms with E-state index < -0.39 is 0 Å². The molecule has 0 bridgehead atoms. The minimum atomic E-state index is 1.13. The van der Waals surface area contributed by atoms with Gasteiger partial charge in [0.25, 0.3) is 0 Å². The molecule has 0 aliphatic rings. The van der Waals surface area contributed by atoms with E-state index in [1.54, 1.807) is 0 Å². The standard InChI is InChI=1S/C44H31N/c1-2-16-34(17-3-1)37-24-8-11-29-42(37)45(43-30-12-9-25-40(43)38-27-14-20-32-18-4-6-22-35(32)38)44-31-13-10-26-41(44)39-28-15-21-33-19-5-7-23-36(33)39/h1-31H. The van der Waals surface area contributed by atoms with Gasteiger partial charge in [0, 0.05) is 16.7 Å². The second kappa shape index (κ2) is 11.6. The Bertz CT molecular complexity index is 2150. The Morgan fingerprint density at radius 2 is 0.600 bits per heavy atom. The zero-order chi connectivity index (χ0) is 30.0. The zero-order valence-electron chi connectivity index (χ0n) is 24.8. The molecule has 0 heterocycles. The van der Waals surface area contributed by atoms with Crippen LogP contribution in [0.2, 0.25) is 0 Å². The summed E-state index contributed by atoms with van der Waals surface area (Å²) in [6, 6.07) is 67.7. The molecule has 0 fully saturated rings. The van der Waals surface area contributed by atoms with Crippen molar-refractivity contribution in [1.29, 1.82) is 0 Å². The Morgan fingerprint density at radius 1 is 0.244 bits per heavy atom. The molecule has 0 unspecified atom stereocenters. The van der Waals surface area contributed by atoms with Crippen molar-refractivity contribution < 1.29 is 0 Å². The van der Waals surface area contributed by atoms with Crippen molar-refractivity contribution in [2.24, 2.45) is 0 Å². The Labute approximate surface area is 264 Å². The van der Waals surface area contributed by atoms with Crippen molar-refractivity contribution in [3.63, 3.8) is 0 Å². The molecule has 0 saturated heterocycles. The highest BCUT2D eigenvalue weighted by molar-refractivity contribution is 6.06. The molecule has 0 aliphatic heterocycles. The fourth-order valence-corrected chi connectivity index (χ4v) is 6.63. The van der Waals surface area contributed by atoms with Crippen LogP contribution in [0.25, 0.3) is 54.9 Å². The monoisotopic (exact) mass is 573 g/mol. The summed E-state index contributed by atoms with van der Waals surface area (Å²) < 4.78 is 0. The smallest absolute Gasteiger partial charge is 0.0540 e. The molecule has 8 aromatic carbocycles. The second-order valence-corrected chi connectivity index (χ2v) is 11.3. The number of hydrogen-bond donors (Lipinski definition) is 0. The lowest BCUT2D eigenvalue weighted by Gasteiger charge is -2.32. The molecular formula is C44H31N. The summed E-state index contributed by atoms with van der Waals surface area (Å²) in [7, 11) is 0. The summed E-state index contributed by atoms with van der Waals surface area (Å²) in [5.41, 5.74) is 10.6. The lowest BCUT2D eigenvalue weighted by Crippen LogP contribution is -2.13. The number of nitrogens with zero attached hydrogens (tertiary/aromatic N) is 1. The van der Waals surface area contributed by atoms with Crippen molar-refractivity contribution in [2.75, 3.05) is 4.90 Å². The van der Waals surface area contributed by atoms with Crippen molar-refractivity contribution in [3.05, 3.63) is 188 Å². The van der Waals surface area contributed by atoms with Gasteiger partial charge < -0.3 is 4.90 Å². The van der Waals surface area contributed by atoms with Crippen LogP contribution in [0.4, 0.5) is 17.1 Å². The van der Waals surface area contributed by atoms with Gasteiger partial charge in [-0.15, -0.1) is 0 Å². The molecule has 0 amide bonds. The summed E-state index contributed by atoms with van der Waals surface area (Å²) in [5.74, 6) is 0. The van der Waals surface area contributed by atoms with E-state index in [0.717, 1.165) is 17.1 Å². The van der Waals surface area contributed by atoms with E-state index in [4.69, 9.17) is 0 Å². The highest BCUT2D eigenvalue weighted by Gasteiger charge is 2.23. The normalized spacial score (nSPS) is 11.1. The predicted octanol–water partition coefficient (Wildman–Crippen LogP) is 12.5. The molecule has 0 atom stereocenters. The van der Waals surface area contributed by atoms with Crippen LogP contribution in [0, 0.1) is 0 Å². The predicted molar refractivity (Wildman–Crippen MR) is 192 cm³/mol. The SMILES string of the molecule is c1ccc(-c2ccccc2N(c2ccccc2-c2cccc3ccccc23)c2ccccc2-c2cccc3ccccc23)cc1. The van der Waals surface area contributed by atoms with Crippen LogP contribution in [-0.2, 0) is 0 Å². The summed E-state index contributed by atoms with van der Waals surface area (Å²) in [4.78, 5) is 2.47. The summed E-state index contributed by atoms with van der Waals surface area (Å²) in [6.07, 6.45) is 0. The van der Waals surface area contributed by atoms with Crippen LogP contribution in [0.5, 0.6) is 0 Å². The fraction of sp³-hybridized carbons (Fsp3) is 0. The van der Waals surface area contributed by atoms with Gasteiger partial charge >= 0.3 is 0 Å². The molecule has 0 radical (unpaired) electrons. The van der Waals surface area contributed by atoms with Crippen LogP contribution >= 0.6 is 0 Å². The van der Waals surface area contributed by atoms with E-state index in [9.17, 15) is 0 Å². The van der Waals surface area contributed by atoms with E-state index in [1.165, 1.54) is 54.9 Å². The van der Waals surface area contributed by atoms with Crippen LogP contribution in [0.3, 0.4) is 0 Å². The van der Waals surface area contributed by atoms with Crippen molar-refractivity contribution >= 4 is 38.6 Å². The minimum absolute atomic E-state index is 1.13. The molecule has 0 spiro atoms. The Balaban J connectivity index is 1.45. The third-order valence-corrected chi connectivity index (χ3v) is 8.68. The number of fused-ring (bicyclic) bond motifs is 2. The maximum Gasteiger partial charge on any atom is 0.0540 e. The molecule has 8 aromatic rings. The first-order chi connectivity index (χ1) is 22.4. The first-order valence-electron chi connectivity index (χ1n) is 15.5. The Morgan fingerprint density at radius 3 is 1.13 bits per heavy atom. The van der Waals surface area contributed by atoms with Crippen molar-refractivity contribution in [2.45, 2.75) is 0 Å². The summed E-state index contributed by atoms with van der Waals surface area (Å²) in [5, 5.41) is 4.95. The molecule has 0 N–H and O–H groups in total. The Hall–Kier alpha value is -5.92. The number of para-hydroxylation sites is 3. The third kappa shape index (κ3) is 4.85. The second-order valence-electron chi connectivity index (χ2n) is 11.3. The van der Waals surface area contributed by atoms with Crippen LogP contribution in [0.1, 0.15) is 0 Å². The molecule has 1 nitrogen and oxygen atoms in total. The van der Waals surface area contributed by atoms with Gasteiger partial charge in [-0.3, -0.25) is 0 Å². The topological polar surface area (TPSA) is 3.24 Å². The lowest BCUT2D eigenvalue weighted by atomic mass is 9.93. The molecule has 0 aliphatic carbocycles. The van der Waals surface area contributed by atoms with Gasteiger partial charge in [0.15, 0.2) is 0 Å². The van der Waals surface area contributed by atoms with Gasteiger partial charge in [-0.1, -0.05) is 170 Å². The molecule has 8 rings (SSSR count).